The molecule has 1 aromatic carbocycles. The Balaban J connectivity index is 1.81. The maximum atomic E-state index is 3.63. The molecule has 1 N–H and O–H groups in total. The molecule has 0 amide bonds. The van der Waals surface area contributed by atoms with E-state index < -0.39 is 0 Å². The third kappa shape index (κ3) is 3.32. The highest BCUT2D eigenvalue weighted by molar-refractivity contribution is 5.30. The molecule has 0 radical (unpaired) electrons. The summed E-state index contributed by atoms with van der Waals surface area (Å²) in [5, 5.41) is 3.63. The molecule has 0 aromatic heterocycles. The van der Waals surface area contributed by atoms with E-state index in [0.29, 0.717) is 0 Å². The van der Waals surface area contributed by atoms with E-state index in [0.717, 1.165) is 18.4 Å². The van der Waals surface area contributed by atoms with Crippen LogP contribution in [0.1, 0.15) is 42.9 Å². The first kappa shape index (κ1) is 12.6. The molecule has 17 heavy (non-hydrogen) atoms. The lowest BCUT2D eigenvalue weighted by atomic mass is 9.98. The van der Waals surface area contributed by atoms with Crippen molar-refractivity contribution in [1.29, 1.82) is 0 Å². The van der Waals surface area contributed by atoms with Crippen molar-refractivity contribution in [1.82, 2.24) is 5.32 Å². The van der Waals surface area contributed by atoms with Crippen LogP contribution in [0.5, 0.6) is 0 Å². The third-order valence-corrected chi connectivity index (χ3v) is 4.26. The molecule has 1 aromatic rings. The first-order chi connectivity index (χ1) is 8.16. The Labute approximate surface area is 106 Å². The standard InChI is InChI=1S/C16H25N/c1-12-7-8-16(14(3)9-12)11-17-10-15-6-4-5-13(15)2/h7-9,13,15,17H,4-6,10-11H2,1-3H3. The van der Waals surface area contributed by atoms with E-state index in [-0.39, 0.29) is 0 Å². The van der Waals surface area contributed by atoms with E-state index in [4.69, 9.17) is 0 Å². The van der Waals surface area contributed by atoms with Crippen molar-refractivity contribution in [3.05, 3.63) is 34.9 Å². The zero-order chi connectivity index (χ0) is 12.3. The number of hydrogen-bond donors (Lipinski definition) is 1. The minimum absolute atomic E-state index is 0.903. The number of hydrogen-bond acceptors (Lipinski definition) is 1. The summed E-state index contributed by atoms with van der Waals surface area (Å²) in [7, 11) is 0. The average Bonchev–Trinajstić information content (AvgIpc) is 2.68. The minimum Gasteiger partial charge on any atom is -0.312 e. The van der Waals surface area contributed by atoms with Gasteiger partial charge in [-0.1, -0.05) is 43.5 Å². The molecule has 2 rings (SSSR count). The molecule has 1 nitrogen and oxygen atoms in total. The van der Waals surface area contributed by atoms with Crippen LogP contribution in [0.4, 0.5) is 0 Å². The van der Waals surface area contributed by atoms with E-state index in [1.54, 1.807) is 0 Å². The number of nitrogens with one attached hydrogen (secondary N) is 1. The maximum absolute atomic E-state index is 3.63. The highest BCUT2D eigenvalue weighted by atomic mass is 14.9. The summed E-state index contributed by atoms with van der Waals surface area (Å²) in [6.07, 6.45) is 4.27. The SMILES string of the molecule is Cc1ccc(CNCC2CCCC2C)c(C)c1. The first-order valence-corrected chi connectivity index (χ1v) is 6.93. The molecular weight excluding hydrogens is 206 g/mol. The Morgan fingerprint density at radius 3 is 2.71 bits per heavy atom. The summed E-state index contributed by atoms with van der Waals surface area (Å²) < 4.78 is 0. The van der Waals surface area contributed by atoms with Gasteiger partial charge in [0.25, 0.3) is 0 Å². The predicted molar refractivity (Wildman–Crippen MR) is 74.1 cm³/mol. The molecule has 1 aliphatic carbocycles. The Hall–Kier alpha value is -0.820. The Kier molecular flexibility index (Phi) is 4.22. The van der Waals surface area contributed by atoms with Crippen LogP contribution in [-0.2, 0) is 6.54 Å². The summed E-state index contributed by atoms with van der Waals surface area (Å²) in [5.41, 5.74) is 4.22. The molecule has 0 bridgehead atoms. The van der Waals surface area contributed by atoms with E-state index in [1.165, 1.54) is 42.5 Å². The summed E-state index contributed by atoms with van der Waals surface area (Å²) in [6, 6.07) is 6.74. The second-order valence-electron chi connectivity index (χ2n) is 5.73. The number of aryl methyl sites for hydroxylation is 2. The number of benzene rings is 1. The van der Waals surface area contributed by atoms with Gasteiger partial charge in [-0.05, 0) is 49.8 Å². The van der Waals surface area contributed by atoms with Gasteiger partial charge in [-0.15, -0.1) is 0 Å². The second-order valence-corrected chi connectivity index (χ2v) is 5.73. The van der Waals surface area contributed by atoms with Gasteiger partial charge in [0.05, 0.1) is 0 Å². The molecule has 1 heteroatoms. The fourth-order valence-electron chi connectivity index (χ4n) is 2.96. The van der Waals surface area contributed by atoms with E-state index >= 15 is 0 Å². The van der Waals surface area contributed by atoms with Gasteiger partial charge in [0.2, 0.25) is 0 Å². The van der Waals surface area contributed by atoms with Crippen LogP contribution in [-0.4, -0.2) is 6.54 Å². The molecule has 0 saturated heterocycles. The maximum Gasteiger partial charge on any atom is 0.0208 e. The van der Waals surface area contributed by atoms with Crippen molar-refractivity contribution < 1.29 is 0 Å². The van der Waals surface area contributed by atoms with Gasteiger partial charge in [0.1, 0.15) is 0 Å². The predicted octanol–water partition coefficient (Wildman–Crippen LogP) is 3.83. The lowest BCUT2D eigenvalue weighted by molar-refractivity contribution is 0.392. The van der Waals surface area contributed by atoms with Crippen molar-refractivity contribution in [3.8, 4) is 0 Å². The van der Waals surface area contributed by atoms with E-state index in [1.807, 2.05) is 0 Å². The van der Waals surface area contributed by atoms with Crippen molar-refractivity contribution in [3.63, 3.8) is 0 Å². The van der Waals surface area contributed by atoms with E-state index in [9.17, 15) is 0 Å². The van der Waals surface area contributed by atoms with Gasteiger partial charge in [0.15, 0.2) is 0 Å². The summed E-state index contributed by atoms with van der Waals surface area (Å²) >= 11 is 0. The normalized spacial score (nSPS) is 24.2. The van der Waals surface area contributed by atoms with Crippen molar-refractivity contribution in [2.45, 2.75) is 46.6 Å². The fraction of sp³-hybridized carbons (Fsp3) is 0.625. The molecular formula is C16H25N. The van der Waals surface area contributed by atoms with Crippen molar-refractivity contribution in [2.75, 3.05) is 6.54 Å². The van der Waals surface area contributed by atoms with E-state index in [2.05, 4.69) is 44.3 Å². The lowest BCUT2D eigenvalue weighted by Gasteiger charge is -2.16. The summed E-state index contributed by atoms with van der Waals surface area (Å²) in [6.45, 7) is 8.98. The van der Waals surface area contributed by atoms with Crippen LogP contribution in [0.25, 0.3) is 0 Å². The van der Waals surface area contributed by atoms with Crippen LogP contribution in [0.2, 0.25) is 0 Å². The molecule has 0 heterocycles. The second kappa shape index (κ2) is 5.68. The van der Waals surface area contributed by atoms with Crippen molar-refractivity contribution >= 4 is 0 Å². The van der Waals surface area contributed by atoms with Crippen molar-refractivity contribution in [2.24, 2.45) is 11.8 Å². The van der Waals surface area contributed by atoms with Crippen LogP contribution in [0.15, 0.2) is 18.2 Å². The smallest absolute Gasteiger partial charge is 0.0208 e. The number of rotatable bonds is 4. The molecule has 2 atom stereocenters. The average molecular weight is 231 g/mol. The third-order valence-electron chi connectivity index (χ3n) is 4.26. The fourth-order valence-corrected chi connectivity index (χ4v) is 2.96. The molecule has 1 aliphatic rings. The van der Waals surface area contributed by atoms with Gasteiger partial charge < -0.3 is 5.32 Å². The van der Waals surface area contributed by atoms with Crippen LogP contribution in [0.3, 0.4) is 0 Å². The van der Waals surface area contributed by atoms with Gasteiger partial charge >= 0.3 is 0 Å². The highest BCUT2D eigenvalue weighted by Gasteiger charge is 2.22. The summed E-state index contributed by atoms with van der Waals surface area (Å²) in [5.74, 6) is 1.82. The molecule has 1 saturated carbocycles. The van der Waals surface area contributed by atoms with Crippen LogP contribution >= 0.6 is 0 Å². The Bertz CT molecular complexity index is 370. The largest absolute Gasteiger partial charge is 0.312 e. The van der Waals surface area contributed by atoms with Crippen LogP contribution < -0.4 is 5.32 Å². The Morgan fingerprint density at radius 2 is 2.06 bits per heavy atom. The monoisotopic (exact) mass is 231 g/mol. The quantitative estimate of drug-likeness (QED) is 0.830. The molecule has 0 aliphatic heterocycles. The molecule has 94 valence electrons. The Morgan fingerprint density at radius 1 is 1.24 bits per heavy atom. The zero-order valence-corrected chi connectivity index (χ0v) is 11.4. The van der Waals surface area contributed by atoms with Gasteiger partial charge in [-0.25, -0.2) is 0 Å². The zero-order valence-electron chi connectivity index (χ0n) is 11.4. The minimum atomic E-state index is 0.903. The topological polar surface area (TPSA) is 12.0 Å². The van der Waals surface area contributed by atoms with Gasteiger partial charge in [-0.2, -0.15) is 0 Å². The van der Waals surface area contributed by atoms with Gasteiger partial charge in [0, 0.05) is 6.54 Å². The first-order valence-electron chi connectivity index (χ1n) is 6.93. The van der Waals surface area contributed by atoms with Crippen LogP contribution in [0, 0.1) is 25.7 Å². The molecule has 2 unspecified atom stereocenters. The molecule has 0 spiro atoms. The van der Waals surface area contributed by atoms with Gasteiger partial charge in [-0.3, -0.25) is 0 Å². The molecule has 1 fully saturated rings. The summed E-state index contributed by atoms with van der Waals surface area (Å²) in [4.78, 5) is 0. The highest BCUT2D eigenvalue weighted by Crippen LogP contribution is 2.30. The lowest BCUT2D eigenvalue weighted by Crippen LogP contribution is -2.24.